The number of nitrogens with zero attached hydrogens (tertiary/aromatic N) is 2. The van der Waals surface area contributed by atoms with E-state index in [1.807, 2.05) is 0 Å². The summed E-state index contributed by atoms with van der Waals surface area (Å²) in [6.07, 6.45) is -2.16. The number of aromatic nitrogens is 2. The van der Waals surface area contributed by atoms with Crippen molar-refractivity contribution in [3.8, 4) is 5.75 Å². The number of anilines is 2. The number of amides is 2. The SMILES string of the molecule is N[C@H]1CCN(CCc2cnc(NC(=O)Nc3ccccc3OC(F)(F)F)[nH]c2=O)C1. The number of likely N-dealkylation sites (tertiary alicyclic amines) is 1. The Labute approximate surface area is 169 Å². The van der Waals surface area contributed by atoms with Crippen molar-refractivity contribution in [1.29, 1.82) is 0 Å². The van der Waals surface area contributed by atoms with Crippen molar-refractivity contribution in [1.82, 2.24) is 14.9 Å². The zero-order valence-corrected chi connectivity index (χ0v) is 15.8. The molecule has 0 radical (unpaired) electrons. The minimum absolute atomic E-state index is 0.140. The van der Waals surface area contributed by atoms with Crippen LogP contribution in [-0.4, -0.2) is 52.9 Å². The van der Waals surface area contributed by atoms with Gasteiger partial charge >= 0.3 is 12.4 Å². The Hall–Kier alpha value is -3.12. The first-order chi connectivity index (χ1) is 14.2. The topological polar surface area (TPSA) is 125 Å². The van der Waals surface area contributed by atoms with E-state index in [2.05, 4.69) is 30.2 Å². The number of alkyl halides is 3. The van der Waals surface area contributed by atoms with Gasteiger partial charge in [0.25, 0.3) is 5.56 Å². The molecule has 1 aromatic carbocycles. The molecular formula is C18H21F3N6O3. The van der Waals surface area contributed by atoms with E-state index in [9.17, 15) is 22.8 Å². The normalized spacial score (nSPS) is 17.0. The van der Waals surface area contributed by atoms with E-state index in [0.717, 1.165) is 25.6 Å². The van der Waals surface area contributed by atoms with Crippen LogP contribution in [0.2, 0.25) is 0 Å². The number of carbonyl (C=O) groups excluding carboxylic acids is 1. The van der Waals surface area contributed by atoms with Gasteiger partial charge in [0, 0.05) is 30.9 Å². The molecule has 162 valence electrons. The number of aromatic amines is 1. The van der Waals surface area contributed by atoms with Crippen molar-refractivity contribution in [3.05, 3.63) is 46.4 Å². The fourth-order valence-electron chi connectivity index (χ4n) is 3.05. The third-order valence-corrected chi connectivity index (χ3v) is 4.47. The molecule has 0 aliphatic carbocycles. The number of H-pyrrole nitrogens is 1. The standard InChI is InChI=1S/C18H21F3N6O3/c19-18(20,21)30-14-4-2-1-3-13(14)24-17(29)26-16-23-9-11(15(28)25-16)5-7-27-8-6-12(22)10-27/h1-4,9,12H,5-8,10,22H2,(H3,23,24,25,26,28,29)/t12-/m0/s1. The highest BCUT2D eigenvalue weighted by Crippen LogP contribution is 2.29. The first-order valence-corrected chi connectivity index (χ1v) is 9.18. The summed E-state index contributed by atoms with van der Waals surface area (Å²) in [5, 5.41) is 4.50. The van der Waals surface area contributed by atoms with Gasteiger partial charge in [-0.15, -0.1) is 13.2 Å². The van der Waals surface area contributed by atoms with Gasteiger partial charge in [0.2, 0.25) is 5.95 Å². The van der Waals surface area contributed by atoms with Crippen LogP contribution in [0.15, 0.2) is 35.3 Å². The second-order valence-electron chi connectivity index (χ2n) is 6.81. The molecule has 9 nitrogen and oxygen atoms in total. The molecule has 2 aromatic rings. The van der Waals surface area contributed by atoms with Crippen LogP contribution in [0.25, 0.3) is 0 Å². The molecule has 2 heterocycles. The summed E-state index contributed by atoms with van der Waals surface area (Å²) in [6.45, 7) is 2.33. The van der Waals surface area contributed by atoms with Crippen LogP contribution in [-0.2, 0) is 6.42 Å². The van der Waals surface area contributed by atoms with Gasteiger partial charge in [-0.2, -0.15) is 0 Å². The van der Waals surface area contributed by atoms with E-state index in [1.165, 1.54) is 24.4 Å². The van der Waals surface area contributed by atoms with Crippen LogP contribution >= 0.6 is 0 Å². The van der Waals surface area contributed by atoms with Crippen molar-refractivity contribution in [3.63, 3.8) is 0 Å². The van der Waals surface area contributed by atoms with Crippen LogP contribution in [0.4, 0.5) is 29.6 Å². The van der Waals surface area contributed by atoms with Gasteiger partial charge in [-0.3, -0.25) is 15.1 Å². The predicted molar refractivity (Wildman–Crippen MR) is 103 cm³/mol. The van der Waals surface area contributed by atoms with E-state index in [1.54, 1.807) is 0 Å². The number of urea groups is 1. The van der Waals surface area contributed by atoms with E-state index in [-0.39, 0.29) is 17.7 Å². The lowest BCUT2D eigenvalue weighted by Gasteiger charge is -2.15. The summed E-state index contributed by atoms with van der Waals surface area (Å²) < 4.78 is 41.2. The Balaban J connectivity index is 1.58. The number of nitrogens with two attached hydrogens (primary N) is 1. The largest absolute Gasteiger partial charge is 0.573 e. The highest BCUT2D eigenvalue weighted by Gasteiger charge is 2.32. The molecule has 1 atom stereocenters. The minimum atomic E-state index is -4.91. The van der Waals surface area contributed by atoms with Crippen LogP contribution in [0.5, 0.6) is 5.75 Å². The van der Waals surface area contributed by atoms with Crippen LogP contribution < -0.4 is 26.7 Å². The zero-order valence-electron chi connectivity index (χ0n) is 15.8. The Kier molecular flexibility index (Phi) is 6.57. The number of hydrogen-bond donors (Lipinski definition) is 4. The Morgan fingerprint density at radius 3 is 2.77 bits per heavy atom. The average molecular weight is 426 g/mol. The fraction of sp³-hybridized carbons (Fsp3) is 0.389. The Bertz CT molecular complexity index is 949. The number of carbonyl (C=O) groups is 1. The highest BCUT2D eigenvalue weighted by atomic mass is 19.4. The molecular weight excluding hydrogens is 405 g/mol. The quantitative estimate of drug-likeness (QED) is 0.559. The highest BCUT2D eigenvalue weighted by molar-refractivity contribution is 5.99. The first-order valence-electron chi connectivity index (χ1n) is 9.18. The number of halogens is 3. The molecule has 0 saturated carbocycles. The summed E-state index contributed by atoms with van der Waals surface area (Å²) in [6, 6.07) is 4.32. The molecule has 12 heteroatoms. The monoisotopic (exact) mass is 426 g/mol. The molecule has 0 bridgehead atoms. The average Bonchev–Trinajstić information content (AvgIpc) is 3.07. The Morgan fingerprint density at radius 2 is 2.10 bits per heavy atom. The van der Waals surface area contributed by atoms with Gasteiger partial charge in [-0.05, 0) is 31.5 Å². The number of hydrogen-bond acceptors (Lipinski definition) is 6. The molecule has 0 unspecified atom stereocenters. The van der Waals surface area contributed by atoms with Crippen molar-refractivity contribution in [2.75, 3.05) is 30.3 Å². The molecule has 3 rings (SSSR count). The lowest BCUT2D eigenvalue weighted by molar-refractivity contribution is -0.274. The third kappa shape index (κ3) is 6.19. The van der Waals surface area contributed by atoms with E-state index >= 15 is 0 Å². The van der Waals surface area contributed by atoms with Crippen LogP contribution in [0.3, 0.4) is 0 Å². The van der Waals surface area contributed by atoms with Gasteiger partial charge < -0.3 is 20.7 Å². The third-order valence-electron chi connectivity index (χ3n) is 4.47. The van der Waals surface area contributed by atoms with Crippen LogP contribution in [0.1, 0.15) is 12.0 Å². The summed E-state index contributed by atoms with van der Waals surface area (Å²) in [4.78, 5) is 32.9. The molecule has 1 aromatic heterocycles. The maximum Gasteiger partial charge on any atom is 0.573 e. The summed E-state index contributed by atoms with van der Waals surface area (Å²) in [7, 11) is 0. The fourth-order valence-corrected chi connectivity index (χ4v) is 3.05. The minimum Gasteiger partial charge on any atom is -0.404 e. The molecule has 1 saturated heterocycles. The summed E-state index contributed by atoms with van der Waals surface area (Å²) >= 11 is 0. The van der Waals surface area contributed by atoms with Crippen molar-refractivity contribution in [2.45, 2.75) is 25.2 Å². The van der Waals surface area contributed by atoms with Gasteiger partial charge in [-0.1, -0.05) is 12.1 Å². The second-order valence-corrected chi connectivity index (χ2v) is 6.81. The molecule has 5 N–H and O–H groups in total. The zero-order chi connectivity index (χ0) is 21.7. The Morgan fingerprint density at radius 1 is 1.33 bits per heavy atom. The lowest BCUT2D eigenvalue weighted by Crippen LogP contribution is -2.29. The number of ether oxygens (including phenoxy) is 1. The van der Waals surface area contributed by atoms with Gasteiger partial charge in [0.15, 0.2) is 5.75 Å². The maximum absolute atomic E-state index is 12.5. The number of benzene rings is 1. The smallest absolute Gasteiger partial charge is 0.404 e. The molecule has 1 fully saturated rings. The van der Waals surface area contributed by atoms with Crippen molar-refractivity contribution < 1.29 is 22.7 Å². The van der Waals surface area contributed by atoms with E-state index in [0.29, 0.717) is 18.5 Å². The number of nitrogens with one attached hydrogen (secondary N) is 3. The summed E-state index contributed by atoms with van der Waals surface area (Å²) in [5.41, 5.74) is 5.69. The van der Waals surface area contributed by atoms with E-state index in [4.69, 9.17) is 5.73 Å². The molecule has 2 amide bonds. The number of para-hydroxylation sites is 2. The lowest BCUT2D eigenvalue weighted by atomic mass is 10.2. The molecule has 30 heavy (non-hydrogen) atoms. The van der Waals surface area contributed by atoms with Crippen molar-refractivity contribution >= 4 is 17.7 Å². The maximum atomic E-state index is 12.5. The van der Waals surface area contributed by atoms with Gasteiger partial charge in [0.05, 0.1) is 5.69 Å². The molecule has 0 spiro atoms. The molecule has 1 aliphatic heterocycles. The van der Waals surface area contributed by atoms with Crippen LogP contribution in [0, 0.1) is 0 Å². The van der Waals surface area contributed by atoms with Gasteiger partial charge in [0.1, 0.15) is 0 Å². The predicted octanol–water partition coefficient (Wildman–Crippen LogP) is 1.89. The van der Waals surface area contributed by atoms with E-state index < -0.39 is 23.7 Å². The first kappa shape index (κ1) is 21.6. The van der Waals surface area contributed by atoms with Gasteiger partial charge in [-0.25, -0.2) is 9.78 Å². The summed E-state index contributed by atoms with van der Waals surface area (Å²) in [5.74, 6) is -0.711. The second kappa shape index (κ2) is 9.13. The van der Waals surface area contributed by atoms with Crippen molar-refractivity contribution in [2.24, 2.45) is 5.73 Å². The number of rotatable bonds is 6. The molecule has 1 aliphatic rings.